The highest BCUT2D eigenvalue weighted by atomic mass is 16.7. The van der Waals surface area contributed by atoms with Crippen molar-refractivity contribution in [2.45, 2.75) is 0 Å². The second-order valence-corrected chi connectivity index (χ2v) is 3.77. The molecule has 0 radical (unpaired) electrons. The molecule has 0 atom stereocenters. The molecule has 3 heteroatoms. The van der Waals surface area contributed by atoms with E-state index in [2.05, 4.69) is 5.16 Å². The van der Waals surface area contributed by atoms with E-state index in [1.807, 2.05) is 42.5 Å². The summed E-state index contributed by atoms with van der Waals surface area (Å²) < 4.78 is 0. The molecule has 2 rings (SSSR count). The molecule has 0 unspecified atom stereocenters. The van der Waals surface area contributed by atoms with E-state index in [0.717, 1.165) is 5.56 Å². The molecule has 2 aromatic carbocycles. The molecule has 2 aromatic rings. The molecule has 0 saturated heterocycles. The first-order valence-electron chi connectivity index (χ1n) is 5.88. The van der Waals surface area contributed by atoms with Gasteiger partial charge in [-0.2, -0.15) is 0 Å². The van der Waals surface area contributed by atoms with E-state index in [9.17, 15) is 4.79 Å². The largest absolute Gasteiger partial charge is 0.365 e. The number of oxime groups is 1. The van der Waals surface area contributed by atoms with Crippen molar-refractivity contribution in [3.8, 4) is 0 Å². The number of nitrogens with zero attached hydrogens (tertiary/aromatic N) is 1. The highest BCUT2D eigenvalue weighted by Crippen LogP contribution is 2.01. The molecule has 0 amide bonds. The smallest absolute Gasteiger partial charge is 0.313 e. The highest BCUT2D eigenvalue weighted by Gasteiger charge is 2.03. The predicted octanol–water partition coefficient (Wildman–Crippen LogP) is 3.54. The van der Waals surface area contributed by atoms with Crippen LogP contribution in [-0.2, 0) is 4.84 Å². The Morgan fingerprint density at radius 1 is 0.947 bits per heavy atom. The normalized spacial score (nSPS) is 10.9. The van der Waals surface area contributed by atoms with Crippen LogP contribution in [0.2, 0.25) is 0 Å². The van der Waals surface area contributed by atoms with E-state index in [1.54, 1.807) is 30.3 Å². The molecule has 0 aromatic heterocycles. The molecule has 0 aliphatic heterocycles. The summed E-state index contributed by atoms with van der Waals surface area (Å²) in [6, 6.07) is 18.5. The van der Waals surface area contributed by atoms with E-state index in [4.69, 9.17) is 4.84 Å². The van der Waals surface area contributed by atoms with Crippen molar-refractivity contribution < 1.29 is 9.63 Å². The SMILES string of the molecule is O=C(ON=C/C=C/c1ccccc1)c1ccccc1. The zero-order chi connectivity index (χ0) is 13.3. The molecule has 0 spiro atoms. The third kappa shape index (κ3) is 4.24. The van der Waals surface area contributed by atoms with Gasteiger partial charge in [0.05, 0.1) is 11.8 Å². The summed E-state index contributed by atoms with van der Waals surface area (Å²) in [5, 5.41) is 3.60. The second kappa shape index (κ2) is 6.91. The van der Waals surface area contributed by atoms with Gasteiger partial charge in [-0.3, -0.25) is 0 Å². The Kier molecular flexibility index (Phi) is 4.64. The Bertz CT molecular complexity index is 574. The molecule has 0 aliphatic rings. The fraction of sp³-hybridized carbons (Fsp3) is 0. The number of rotatable bonds is 4. The van der Waals surface area contributed by atoms with Crippen LogP contribution in [-0.4, -0.2) is 12.2 Å². The number of carbonyl (C=O) groups excluding carboxylic acids is 1. The van der Waals surface area contributed by atoms with E-state index in [0.29, 0.717) is 5.56 Å². The van der Waals surface area contributed by atoms with E-state index in [-0.39, 0.29) is 0 Å². The van der Waals surface area contributed by atoms with Crippen LogP contribution < -0.4 is 0 Å². The fourth-order valence-corrected chi connectivity index (χ4v) is 1.46. The van der Waals surface area contributed by atoms with E-state index < -0.39 is 5.97 Å². The first kappa shape index (κ1) is 12.8. The van der Waals surface area contributed by atoms with Gasteiger partial charge in [0.25, 0.3) is 0 Å². The lowest BCUT2D eigenvalue weighted by atomic mass is 10.2. The van der Waals surface area contributed by atoms with Crippen molar-refractivity contribution in [2.24, 2.45) is 5.16 Å². The lowest BCUT2D eigenvalue weighted by Gasteiger charge is -1.95. The van der Waals surface area contributed by atoms with Gasteiger partial charge >= 0.3 is 5.97 Å². The second-order valence-electron chi connectivity index (χ2n) is 3.77. The summed E-state index contributed by atoms with van der Waals surface area (Å²) in [4.78, 5) is 16.3. The molecular formula is C16H13NO2. The molecule has 94 valence electrons. The molecule has 3 nitrogen and oxygen atoms in total. The Morgan fingerprint density at radius 2 is 1.58 bits per heavy atom. The van der Waals surface area contributed by atoms with Crippen molar-refractivity contribution in [1.29, 1.82) is 0 Å². The third-order valence-electron chi connectivity index (χ3n) is 2.38. The lowest BCUT2D eigenvalue weighted by molar-refractivity contribution is 0.0519. The average Bonchev–Trinajstić information content (AvgIpc) is 2.49. The topological polar surface area (TPSA) is 38.7 Å². The number of hydrogen-bond acceptors (Lipinski definition) is 3. The molecule has 19 heavy (non-hydrogen) atoms. The molecule has 0 aliphatic carbocycles. The fourth-order valence-electron chi connectivity index (χ4n) is 1.46. The van der Waals surface area contributed by atoms with Crippen molar-refractivity contribution >= 4 is 18.3 Å². The van der Waals surface area contributed by atoms with Gasteiger partial charge in [-0.1, -0.05) is 59.8 Å². The Balaban J connectivity index is 1.84. The molecule has 0 N–H and O–H groups in total. The highest BCUT2D eigenvalue weighted by molar-refractivity contribution is 5.89. The summed E-state index contributed by atoms with van der Waals surface area (Å²) in [6.45, 7) is 0. The number of hydrogen-bond donors (Lipinski definition) is 0. The Morgan fingerprint density at radius 3 is 2.26 bits per heavy atom. The molecule has 0 heterocycles. The maximum atomic E-state index is 11.5. The van der Waals surface area contributed by atoms with Crippen molar-refractivity contribution in [3.63, 3.8) is 0 Å². The summed E-state index contributed by atoms with van der Waals surface area (Å²) in [5.41, 5.74) is 1.54. The minimum atomic E-state index is -0.468. The van der Waals surface area contributed by atoms with Gasteiger partial charge in [-0.05, 0) is 23.8 Å². The molecule has 0 fully saturated rings. The van der Waals surface area contributed by atoms with Crippen molar-refractivity contribution in [2.75, 3.05) is 0 Å². The van der Waals surface area contributed by atoms with Gasteiger partial charge in [-0.15, -0.1) is 0 Å². The van der Waals surface area contributed by atoms with E-state index in [1.165, 1.54) is 6.21 Å². The van der Waals surface area contributed by atoms with Gasteiger partial charge in [0.1, 0.15) is 0 Å². The standard InChI is InChI=1S/C16H13NO2/c18-16(15-11-5-2-6-12-15)19-17-13-7-10-14-8-3-1-4-9-14/h1-13H/b10-7+,17-13?. The summed E-state index contributed by atoms with van der Waals surface area (Å²) in [5.74, 6) is -0.468. The summed E-state index contributed by atoms with van der Waals surface area (Å²) in [7, 11) is 0. The van der Waals surface area contributed by atoms with Crippen LogP contribution in [0.1, 0.15) is 15.9 Å². The van der Waals surface area contributed by atoms with Crippen LogP contribution in [0.25, 0.3) is 6.08 Å². The van der Waals surface area contributed by atoms with Crippen LogP contribution in [0.3, 0.4) is 0 Å². The third-order valence-corrected chi connectivity index (χ3v) is 2.38. The summed E-state index contributed by atoms with van der Waals surface area (Å²) in [6.07, 6.45) is 5.03. The van der Waals surface area contributed by atoms with Crippen molar-refractivity contribution in [1.82, 2.24) is 0 Å². The summed E-state index contributed by atoms with van der Waals surface area (Å²) >= 11 is 0. The van der Waals surface area contributed by atoms with E-state index >= 15 is 0 Å². The first-order valence-corrected chi connectivity index (χ1v) is 5.88. The molecule has 0 bridgehead atoms. The van der Waals surface area contributed by atoms with Gasteiger partial charge in [0.15, 0.2) is 0 Å². The predicted molar refractivity (Wildman–Crippen MR) is 75.8 cm³/mol. The van der Waals surface area contributed by atoms with Crippen LogP contribution in [0.4, 0.5) is 0 Å². The zero-order valence-electron chi connectivity index (χ0n) is 10.3. The van der Waals surface area contributed by atoms with Crippen LogP contribution in [0.15, 0.2) is 71.9 Å². The van der Waals surface area contributed by atoms with Gasteiger partial charge < -0.3 is 4.84 Å². The molecule has 0 saturated carbocycles. The maximum absolute atomic E-state index is 11.5. The Labute approximate surface area is 111 Å². The van der Waals surface area contributed by atoms with Crippen LogP contribution in [0.5, 0.6) is 0 Å². The van der Waals surface area contributed by atoms with Gasteiger partial charge in [0, 0.05) is 0 Å². The number of allylic oxidation sites excluding steroid dienone is 1. The maximum Gasteiger partial charge on any atom is 0.365 e. The number of carbonyl (C=O) groups is 1. The van der Waals surface area contributed by atoms with Crippen LogP contribution in [0, 0.1) is 0 Å². The van der Waals surface area contributed by atoms with Gasteiger partial charge in [0.2, 0.25) is 0 Å². The quantitative estimate of drug-likeness (QED) is 0.473. The van der Waals surface area contributed by atoms with Gasteiger partial charge in [-0.25, -0.2) is 4.79 Å². The first-order chi connectivity index (χ1) is 9.36. The average molecular weight is 251 g/mol. The monoisotopic (exact) mass is 251 g/mol. The lowest BCUT2D eigenvalue weighted by Crippen LogP contribution is -1.99. The number of benzene rings is 2. The minimum Gasteiger partial charge on any atom is -0.313 e. The van der Waals surface area contributed by atoms with Crippen molar-refractivity contribution in [3.05, 3.63) is 77.9 Å². The zero-order valence-corrected chi connectivity index (χ0v) is 10.3. The van der Waals surface area contributed by atoms with Crippen LogP contribution >= 0.6 is 0 Å². The Hall–Kier alpha value is -2.68. The minimum absolute atomic E-state index is 0.468. The molecular weight excluding hydrogens is 238 g/mol.